The molecule has 0 saturated carbocycles. The molecular weight excluding hydrogens is 266 g/mol. The second-order valence-electron chi connectivity index (χ2n) is 5.64. The molecule has 3 aliphatic rings. The lowest BCUT2D eigenvalue weighted by molar-refractivity contribution is 0.356. The van der Waals surface area contributed by atoms with E-state index < -0.39 is 0 Å². The number of anilines is 1. The number of rotatable bonds is 3. The van der Waals surface area contributed by atoms with Crippen molar-refractivity contribution >= 4 is 5.69 Å². The summed E-state index contributed by atoms with van der Waals surface area (Å²) in [6.45, 7) is 2.24. The highest BCUT2D eigenvalue weighted by Gasteiger charge is 2.36. The van der Waals surface area contributed by atoms with E-state index in [1.54, 1.807) is 14.2 Å². The van der Waals surface area contributed by atoms with Gasteiger partial charge in [0.1, 0.15) is 5.69 Å². The number of hydrogen-bond donors (Lipinski definition) is 1. The summed E-state index contributed by atoms with van der Waals surface area (Å²) < 4.78 is 11.0. The first-order valence-electron chi connectivity index (χ1n) is 7.38. The molecule has 110 valence electrons. The largest absolute Gasteiger partial charge is 0.493 e. The van der Waals surface area contributed by atoms with Crippen molar-refractivity contribution in [3.63, 3.8) is 0 Å². The highest BCUT2D eigenvalue weighted by Crippen LogP contribution is 2.48. The van der Waals surface area contributed by atoms with Crippen molar-refractivity contribution in [2.24, 2.45) is 0 Å². The molecule has 0 atom stereocenters. The first kappa shape index (κ1) is 12.6. The first-order chi connectivity index (χ1) is 10.3. The molecule has 21 heavy (non-hydrogen) atoms. The van der Waals surface area contributed by atoms with Crippen LogP contribution in [-0.4, -0.2) is 37.5 Å². The molecule has 1 fully saturated rings. The average molecular weight is 285 g/mol. The Bertz CT molecular complexity index is 672. The fourth-order valence-corrected chi connectivity index (χ4v) is 3.61. The van der Waals surface area contributed by atoms with Gasteiger partial charge in [-0.3, -0.25) is 5.10 Å². The van der Waals surface area contributed by atoms with Crippen LogP contribution in [-0.2, 0) is 0 Å². The molecule has 3 aliphatic heterocycles. The Hall–Kier alpha value is -2.17. The molecule has 5 nitrogen and oxygen atoms in total. The van der Waals surface area contributed by atoms with Crippen LogP contribution in [0.15, 0.2) is 18.2 Å². The topological polar surface area (TPSA) is 50.4 Å². The van der Waals surface area contributed by atoms with Gasteiger partial charge >= 0.3 is 0 Å². The van der Waals surface area contributed by atoms with E-state index in [-0.39, 0.29) is 0 Å². The molecule has 0 aliphatic carbocycles. The number of hydrogen-bond acceptors (Lipinski definition) is 4. The van der Waals surface area contributed by atoms with E-state index in [0.717, 1.165) is 35.8 Å². The van der Waals surface area contributed by atoms with Crippen LogP contribution < -0.4 is 14.4 Å². The smallest absolute Gasteiger partial charge is 0.170 e. The zero-order valence-corrected chi connectivity index (χ0v) is 12.3. The Labute approximate surface area is 123 Å². The van der Waals surface area contributed by atoms with Crippen molar-refractivity contribution in [3.8, 4) is 22.8 Å². The lowest BCUT2D eigenvalue weighted by atomic mass is 9.86. The van der Waals surface area contributed by atoms with Gasteiger partial charge in [-0.05, 0) is 25.0 Å². The molecular formula is C16H19N3O2. The minimum atomic E-state index is 0.628. The third-order valence-corrected chi connectivity index (χ3v) is 4.65. The summed E-state index contributed by atoms with van der Waals surface area (Å²) in [6.07, 6.45) is 2.45. The van der Waals surface area contributed by atoms with E-state index >= 15 is 0 Å². The van der Waals surface area contributed by atoms with Crippen molar-refractivity contribution in [2.45, 2.75) is 18.8 Å². The normalized spacial score (nSPS) is 17.0. The second-order valence-corrected chi connectivity index (χ2v) is 5.64. The number of piperidine rings is 1. The van der Waals surface area contributed by atoms with Crippen molar-refractivity contribution in [1.29, 1.82) is 0 Å². The van der Waals surface area contributed by atoms with Crippen LogP contribution in [0.2, 0.25) is 0 Å². The number of methoxy groups -OCH3 is 2. The first-order valence-corrected chi connectivity index (χ1v) is 7.38. The minimum absolute atomic E-state index is 0.628. The number of para-hydroxylation sites is 1. The SMILES string of the molecule is COc1cccc(-c2n[nH]c3c2N2CCC3CC2)c1OC. The summed E-state index contributed by atoms with van der Waals surface area (Å²) in [6, 6.07) is 5.93. The summed E-state index contributed by atoms with van der Waals surface area (Å²) in [4.78, 5) is 2.44. The van der Waals surface area contributed by atoms with Crippen molar-refractivity contribution < 1.29 is 9.47 Å². The molecule has 5 heteroatoms. The van der Waals surface area contributed by atoms with Crippen molar-refractivity contribution in [2.75, 3.05) is 32.2 Å². The molecule has 0 radical (unpaired) electrons. The zero-order chi connectivity index (χ0) is 14.4. The number of aromatic amines is 1. The van der Waals surface area contributed by atoms with Crippen molar-refractivity contribution in [3.05, 3.63) is 23.9 Å². The molecule has 0 spiro atoms. The zero-order valence-electron chi connectivity index (χ0n) is 12.3. The number of ether oxygens (including phenoxy) is 2. The highest BCUT2D eigenvalue weighted by molar-refractivity contribution is 5.83. The summed E-state index contributed by atoms with van der Waals surface area (Å²) in [7, 11) is 3.33. The molecule has 1 saturated heterocycles. The number of nitrogens with zero attached hydrogens (tertiary/aromatic N) is 2. The van der Waals surface area contributed by atoms with Gasteiger partial charge in [0.05, 0.1) is 31.2 Å². The second kappa shape index (κ2) is 4.69. The Balaban J connectivity index is 1.90. The maximum atomic E-state index is 5.56. The number of nitrogens with one attached hydrogen (secondary N) is 1. The Morgan fingerprint density at radius 2 is 2.00 bits per heavy atom. The van der Waals surface area contributed by atoms with E-state index in [0.29, 0.717) is 5.92 Å². The quantitative estimate of drug-likeness (QED) is 0.942. The standard InChI is InChI=1S/C16H19N3O2/c1-20-12-5-3-4-11(16(12)21-2)14-15-13(17-18-14)10-6-8-19(15)9-7-10/h3-5,10H,6-9H2,1-2H3,(H,17,18). The minimum Gasteiger partial charge on any atom is -0.493 e. The van der Waals surface area contributed by atoms with E-state index in [9.17, 15) is 0 Å². The van der Waals surface area contributed by atoms with Crippen LogP contribution in [0.5, 0.6) is 11.5 Å². The summed E-state index contributed by atoms with van der Waals surface area (Å²) in [5.41, 5.74) is 4.50. The summed E-state index contributed by atoms with van der Waals surface area (Å²) >= 11 is 0. The Kier molecular flexibility index (Phi) is 2.80. The van der Waals surface area contributed by atoms with Gasteiger partial charge in [0.2, 0.25) is 0 Å². The molecule has 0 amide bonds. The molecule has 1 aromatic carbocycles. The summed E-state index contributed by atoms with van der Waals surface area (Å²) in [5.74, 6) is 2.11. The van der Waals surface area contributed by atoms with Crippen LogP contribution >= 0.6 is 0 Å². The van der Waals surface area contributed by atoms with Crippen LogP contribution in [0.3, 0.4) is 0 Å². The summed E-state index contributed by atoms with van der Waals surface area (Å²) in [5, 5.41) is 7.85. The van der Waals surface area contributed by atoms with E-state index in [4.69, 9.17) is 9.47 Å². The molecule has 2 aromatic rings. The van der Waals surface area contributed by atoms with Crippen LogP contribution in [0, 0.1) is 0 Å². The molecule has 1 N–H and O–H groups in total. The fourth-order valence-electron chi connectivity index (χ4n) is 3.61. The molecule has 5 rings (SSSR count). The fraction of sp³-hybridized carbons (Fsp3) is 0.438. The monoisotopic (exact) mass is 285 g/mol. The Morgan fingerprint density at radius 3 is 2.71 bits per heavy atom. The molecule has 1 aromatic heterocycles. The Morgan fingerprint density at radius 1 is 1.19 bits per heavy atom. The predicted molar refractivity (Wildman–Crippen MR) is 81.3 cm³/mol. The van der Waals surface area contributed by atoms with Crippen LogP contribution in [0.4, 0.5) is 5.69 Å². The maximum absolute atomic E-state index is 5.56. The van der Waals surface area contributed by atoms with E-state index in [1.165, 1.54) is 24.2 Å². The average Bonchev–Trinajstić information content (AvgIpc) is 3.02. The van der Waals surface area contributed by atoms with Crippen molar-refractivity contribution in [1.82, 2.24) is 10.2 Å². The van der Waals surface area contributed by atoms with Crippen LogP contribution in [0.1, 0.15) is 24.5 Å². The number of H-pyrrole nitrogens is 1. The van der Waals surface area contributed by atoms with Gasteiger partial charge in [0.25, 0.3) is 0 Å². The van der Waals surface area contributed by atoms with Gasteiger partial charge in [-0.15, -0.1) is 0 Å². The van der Waals surface area contributed by atoms with Gasteiger partial charge < -0.3 is 14.4 Å². The van der Waals surface area contributed by atoms with Gasteiger partial charge in [-0.2, -0.15) is 5.10 Å². The van der Waals surface area contributed by atoms with E-state index in [2.05, 4.69) is 15.1 Å². The molecule has 4 heterocycles. The van der Waals surface area contributed by atoms with E-state index in [1.807, 2.05) is 18.2 Å². The van der Waals surface area contributed by atoms with Gasteiger partial charge in [0.15, 0.2) is 11.5 Å². The molecule has 0 unspecified atom stereocenters. The van der Waals surface area contributed by atoms with Gasteiger partial charge in [-0.25, -0.2) is 0 Å². The van der Waals surface area contributed by atoms with Gasteiger partial charge in [0, 0.05) is 19.0 Å². The number of fused-ring (bicyclic) bond motifs is 2. The van der Waals surface area contributed by atoms with Crippen LogP contribution in [0.25, 0.3) is 11.3 Å². The predicted octanol–water partition coefficient (Wildman–Crippen LogP) is 2.79. The maximum Gasteiger partial charge on any atom is 0.170 e. The third-order valence-electron chi connectivity index (χ3n) is 4.65. The lowest BCUT2D eigenvalue weighted by Crippen LogP contribution is -2.38. The lowest BCUT2D eigenvalue weighted by Gasteiger charge is -2.40. The molecule has 2 bridgehead atoms. The third kappa shape index (κ3) is 1.73. The number of benzene rings is 1. The number of aromatic nitrogens is 2. The highest BCUT2D eigenvalue weighted by atomic mass is 16.5. The van der Waals surface area contributed by atoms with Gasteiger partial charge in [-0.1, -0.05) is 6.07 Å².